The molecule has 0 unspecified atom stereocenters. The first-order valence-corrected chi connectivity index (χ1v) is 8.73. The lowest BCUT2D eigenvalue weighted by Gasteiger charge is -2.04. The van der Waals surface area contributed by atoms with Gasteiger partial charge < -0.3 is 0 Å². The van der Waals surface area contributed by atoms with Crippen molar-refractivity contribution in [1.29, 1.82) is 0 Å². The van der Waals surface area contributed by atoms with Crippen LogP contribution in [0.5, 0.6) is 0 Å². The monoisotopic (exact) mass is 344 g/mol. The van der Waals surface area contributed by atoms with Crippen LogP contribution in [0.4, 0.5) is 0 Å². The maximum Gasteiger partial charge on any atom is 0.216 e. The van der Waals surface area contributed by atoms with Gasteiger partial charge in [0.1, 0.15) is 11.0 Å². The van der Waals surface area contributed by atoms with Gasteiger partial charge in [-0.1, -0.05) is 12.1 Å². The fourth-order valence-electron chi connectivity index (χ4n) is 2.31. The summed E-state index contributed by atoms with van der Waals surface area (Å²) >= 11 is 0. The van der Waals surface area contributed by atoms with Crippen LogP contribution in [0.1, 0.15) is 11.4 Å². The summed E-state index contributed by atoms with van der Waals surface area (Å²) in [6.45, 7) is 0.0256. The molecule has 0 aliphatic rings. The van der Waals surface area contributed by atoms with E-state index in [-0.39, 0.29) is 12.3 Å². The molecule has 0 spiro atoms. The molecule has 122 valence electrons. The lowest BCUT2D eigenvalue weighted by Crippen LogP contribution is -2.25. The number of fused-ring (bicyclic) bond motifs is 2. The van der Waals surface area contributed by atoms with Crippen molar-refractivity contribution in [2.45, 2.75) is 12.3 Å². The third-order valence-corrected chi connectivity index (χ3v) is 4.71. The van der Waals surface area contributed by atoms with E-state index in [4.69, 9.17) is 0 Å². The molecule has 1 aromatic carbocycles. The summed E-state index contributed by atoms with van der Waals surface area (Å²) in [5.41, 5.74) is 2.35. The SMILES string of the molecule is O=S(=O)(Cc1ccc2nonc2c1)NCc1nc2ccccn2n1. The highest BCUT2D eigenvalue weighted by Crippen LogP contribution is 2.13. The van der Waals surface area contributed by atoms with Crippen LogP contribution < -0.4 is 4.72 Å². The smallest absolute Gasteiger partial charge is 0.216 e. The van der Waals surface area contributed by atoms with Gasteiger partial charge in [-0.25, -0.2) is 27.3 Å². The second kappa shape index (κ2) is 5.65. The maximum absolute atomic E-state index is 12.2. The van der Waals surface area contributed by atoms with Crippen molar-refractivity contribution in [2.24, 2.45) is 0 Å². The van der Waals surface area contributed by atoms with Crippen LogP contribution in [0.25, 0.3) is 16.7 Å². The Morgan fingerprint density at radius 1 is 1.12 bits per heavy atom. The van der Waals surface area contributed by atoms with E-state index < -0.39 is 10.0 Å². The normalized spacial score (nSPS) is 12.2. The van der Waals surface area contributed by atoms with E-state index in [9.17, 15) is 8.42 Å². The van der Waals surface area contributed by atoms with Crippen molar-refractivity contribution < 1.29 is 13.0 Å². The molecule has 0 atom stereocenters. The molecule has 10 heteroatoms. The van der Waals surface area contributed by atoms with Gasteiger partial charge in [-0.05, 0) is 40.1 Å². The summed E-state index contributed by atoms with van der Waals surface area (Å²) in [6, 6.07) is 10.4. The fourth-order valence-corrected chi connectivity index (χ4v) is 3.38. The lowest BCUT2D eigenvalue weighted by atomic mass is 10.2. The number of benzene rings is 1. The van der Waals surface area contributed by atoms with E-state index in [1.165, 1.54) is 0 Å². The number of nitrogens with zero attached hydrogens (tertiary/aromatic N) is 5. The zero-order chi connectivity index (χ0) is 16.6. The third kappa shape index (κ3) is 2.96. The van der Waals surface area contributed by atoms with Gasteiger partial charge in [0, 0.05) is 6.20 Å². The summed E-state index contributed by atoms with van der Waals surface area (Å²) < 4.78 is 33.2. The molecule has 0 saturated heterocycles. The number of pyridine rings is 1. The van der Waals surface area contributed by atoms with Crippen molar-refractivity contribution in [3.05, 3.63) is 54.0 Å². The van der Waals surface area contributed by atoms with Gasteiger partial charge in [-0.3, -0.25) is 0 Å². The van der Waals surface area contributed by atoms with Crippen LogP contribution in [0.15, 0.2) is 47.2 Å². The van der Waals surface area contributed by atoms with Crippen LogP contribution in [-0.2, 0) is 22.3 Å². The van der Waals surface area contributed by atoms with E-state index in [1.54, 1.807) is 35.0 Å². The third-order valence-electron chi connectivity index (χ3n) is 3.41. The maximum atomic E-state index is 12.2. The highest BCUT2D eigenvalue weighted by atomic mass is 32.2. The number of hydrogen-bond acceptors (Lipinski definition) is 7. The largest absolute Gasteiger partial charge is 0.243 e. The van der Waals surface area contributed by atoms with Gasteiger partial charge in [0.2, 0.25) is 10.0 Å². The molecule has 1 N–H and O–H groups in total. The van der Waals surface area contributed by atoms with E-state index in [2.05, 4.69) is 29.7 Å². The molecule has 0 saturated carbocycles. The summed E-state index contributed by atoms with van der Waals surface area (Å²) in [4.78, 5) is 4.25. The Labute approximate surface area is 136 Å². The Morgan fingerprint density at radius 2 is 2.00 bits per heavy atom. The van der Waals surface area contributed by atoms with Crippen molar-refractivity contribution in [3.8, 4) is 0 Å². The highest BCUT2D eigenvalue weighted by Gasteiger charge is 2.14. The molecule has 24 heavy (non-hydrogen) atoms. The number of sulfonamides is 1. The molecular weight excluding hydrogens is 332 g/mol. The summed E-state index contributed by atoms with van der Waals surface area (Å²) in [5.74, 6) is 0.226. The van der Waals surface area contributed by atoms with Gasteiger partial charge >= 0.3 is 0 Å². The molecular formula is C14H12N6O3S. The number of rotatable bonds is 5. The van der Waals surface area contributed by atoms with Gasteiger partial charge in [0.05, 0.1) is 12.3 Å². The predicted octanol–water partition coefficient (Wildman–Crippen LogP) is 0.885. The van der Waals surface area contributed by atoms with Crippen LogP contribution in [-0.4, -0.2) is 33.3 Å². The van der Waals surface area contributed by atoms with Crippen molar-refractivity contribution in [1.82, 2.24) is 29.6 Å². The average molecular weight is 344 g/mol. The van der Waals surface area contributed by atoms with Crippen LogP contribution in [0.3, 0.4) is 0 Å². The zero-order valence-electron chi connectivity index (χ0n) is 12.3. The molecule has 0 aliphatic heterocycles. The Morgan fingerprint density at radius 3 is 2.88 bits per heavy atom. The minimum Gasteiger partial charge on any atom is -0.243 e. The Bertz CT molecular complexity index is 1080. The van der Waals surface area contributed by atoms with Gasteiger partial charge in [-0.15, -0.1) is 5.10 Å². The average Bonchev–Trinajstić information content (AvgIpc) is 3.18. The second-order valence-electron chi connectivity index (χ2n) is 5.20. The van der Waals surface area contributed by atoms with Crippen LogP contribution >= 0.6 is 0 Å². The van der Waals surface area contributed by atoms with E-state index in [0.717, 1.165) is 0 Å². The zero-order valence-corrected chi connectivity index (χ0v) is 13.1. The quantitative estimate of drug-likeness (QED) is 0.571. The first-order valence-electron chi connectivity index (χ1n) is 7.08. The minimum atomic E-state index is -3.54. The molecule has 0 radical (unpaired) electrons. The van der Waals surface area contributed by atoms with Crippen molar-refractivity contribution in [3.63, 3.8) is 0 Å². The summed E-state index contributed by atoms with van der Waals surface area (Å²) in [5, 5.41) is 11.6. The first kappa shape index (κ1) is 14.7. The number of nitrogens with one attached hydrogen (secondary N) is 1. The lowest BCUT2D eigenvalue weighted by molar-refractivity contribution is 0.315. The van der Waals surface area contributed by atoms with E-state index in [0.29, 0.717) is 28.1 Å². The molecule has 9 nitrogen and oxygen atoms in total. The Hall–Kier alpha value is -2.85. The molecule has 4 rings (SSSR count). The second-order valence-corrected chi connectivity index (χ2v) is 7.01. The molecule has 0 bridgehead atoms. The molecule has 3 heterocycles. The first-order chi connectivity index (χ1) is 11.6. The van der Waals surface area contributed by atoms with Gasteiger partial charge in [0.15, 0.2) is 11.5 Å². The van der Waals surface area contributed by atoms with E-state index >= 15 is 0 Å². The van der Waals surface area contributed by atoms with E-state index in [1.807, 2.05) is 12.1 Å². The molecule has 0 aliphatic carbocycles. The van der Waals surface area contributed by atoms with Crippen LogP contribution in [0.2, 0.25) is 0 Å². The fraction of sp³-hybridized carbons (Fsp3) is 0.143. The van der Waals surface area contributed by atoms with Crippen molar-refractivity contribution >= 4 is 26.7 Å². The highest BCUT2D eigenvalue weighted by molar-refractivity contribution is 7.88. The summed E-state index contributed by atoms with van der Waals surface area (Å²) in [7, 11) is -3.54. The minimum absolute atomic E-state index is 0.0256. The Balaban J connectivity index is 1.48. The van der Waals surface area contributed by atoms with Gasteiger partial charge in [-0.2, -0.15) is 0 Å². The molecule has 0 amide bonds. The topological polar surface area (TPSA) is 115 Å². The van der Waals surface area contributed by atoms with Crippen molar-refractivity contribution in [2.75, 3.05) is 0 Å². The van der Waals surface area contributed by atoms with Gasteiger partial charge in [0.25, 0.3) is 0 Å². The molecule has 0 fully saturated rings. The summed E-state index contributed by atoms with van der Waals surface area (Å²) in [6.07, 6.45) is 1.75. The standard InChI is InChI=1S/C14H12N6O3S/c21-24(22,9-10-4-5-11-12(7-10)19-23-18-11)15-8-13-16-14-3-1-2-6-20(14)17-13/h1-7,15H,8-9H2. The number of aromatic nitrogens is 5. The Kier molecular flexibility index (Phi) is 3.47. The number of hydrogen-bond donors (Lipinski definition) is 1. The molecule has 3 aromatic heterocycles. The predicted molar refractivity (Wildman–Crippen MR) is 84.3 cm³/mol. The van der Waals surface area contributed by atoms with Crippen LogP contribution in [0, 0.1) is 0 Å². The molecule has 4 aromatic rings.